The molecule has 0 fully saturated rings. The van der Waals surface area contributed by atoms with Crippen molar-refractivity contribution in [2.75, 3.05) is 14.2 Å². The molecule has 0 aliphatic rings. The fourth-order valence-corrected chi connectivity index (χ4v) is 0.529. The normalized spacial score (nSPS) is 15.0. The first-order valence-electron chi connectivity index (χ1n) is 3.72. The summed E-state index contributed by atoms with van der Waals surface area (Å²) in [6, 6.07) is -0.307. The third kappa shape index (κ3) is 4.92. The lowest BCUT2D eigenvalue weighted by atomic mass is 10.6. The van der Waals surface area contributed by atoms with E-state index in [1.54, 1.807) is 13.8 Å². The molecule has 12 heavy (non-hydrogen) atoms. The monoisotopic (exact) mass is 176 g/mol. The van der Waals surface area contributed by atoms with Crippen molar-refractivity contribution in [1.82, 2.24) is 10.6 Å². The van der Waals surface area contributed by atoms with E-state index in [4.69, 9.17) is 9.47 Å². The zero-order valence-electron chi connectivity index (χ0n) is 7.88. The van der Waals surface area contributed by atoms with Crippen molar-refractivity contribution in [3.8, 4) is 0 Å². The SMILES string of the molecule is COC(C)NC(=O)NC(C)OC. The van der Waals surface area contributed by atoms with Gasteiger partial charge in [0.2, 0.25) is 0 Å². The predicted octanol–water partition coefficient (Wildman–Crippen LogP) is 0.270. The number of carbonyl (C=O) groups is 1. The van der Waals surface area contributed by atoms with E-state index < -0.39 is 0 Å². The molecule has 0 aliphatic carbocycles. The van der Waals surface area contributed by atoms with Gasteiger partial charge in [-0.15, -0.1) is 0 Å². The molecule has 2 amide bonds. The molecule has 0 rings (SSSR count). The van der Waals surface area contributed by atoms with Gasteiger partial charge in [-0.1, -0.05) is 0 Å². The van der Waals surface area contributed by atoms with Crippen LogP contribution in [0.25, 0.3) is 0 Å². The van der Waals surface area contributed by atoms with Gasteiger partial charge in [-0.3, -0.25) is 0 Å². The molecule has 0 aromatic carbocycles. The zero-order chi connectivity index (χ0) is 9.56. The number of ether oxygens (including phenoxy) is 2. The third-order valence-corrected chi connectivity index (χ3v) is 1.38. The van der Waals surface area contributed by atoms with Crippen LogP contribution in [0.1, 0.15) is 13.8 Å². The Labute approximate surface area is 72.4 Å². The van der Waals surface area contributed by atoms with Crippen LogP contribution >= 0.6 is 0 Å². The highest BCUT2D eigenvalue weighted by Crippen LogP contribution is 1.83. The van der Waals surface area contributed by atoms with Crippen LogP contribution in [0.3, 0.4) is 0 Å². The second kappa shape index (κ2) is 5.79. The van der Waals surface area contributed by atoms with Crippen molar-refractivity contribution < 1.29 is 14.3 Å². The molecule has 0 bridgehead atoms. The molecule has 0 aromatic rings. The molecule has 0 saturated heterocycles. The average Bonchev–Trinajstić information content (AvgIpc) is 2.03. The highest BCUT2D eigenvalue weighted by Gasteiger charge is 2.07. The first-order valence-corrected chi connectivity index (χ1v) is 3.72. The number of carbonyl (C=O) groups excluding carboxylic acids is 1. The molecular weight excluding hydrogens is 160 g/mol. The number of rotatable bonds is 4. The molecule has 5 heteroatoms. The van der Waals surface area contributed by atoms with Crippen molar-refractivity contribution in [3.63, 3.8) is 0 Å². The number of hydrogen-bond donors (Lipinski definition) is 2. The van der Waals surface area contributed by atoms with Crippen LogP contribution in [-0.2, 0) is 9.47 Å². The van der Waals surface area contributed by atoms with E-state index in [9.17, 15) is 4.79 Å². The number of amides is 2. The van der Waals surface area contributed by atoms with E-state index in [1.807, 2.05) is 0 Å². The van der Waals surface area contributed by atoms with Gasteiger partial charge in [0.15, 0.2) is 0 Å². The summed E-state index contributed by atoms with van der Waals surface area (Å²) in [6.07, 6.45) is -0.594. The maximum absolute atomic E-state index is 11.0. The number of urea groups is 1. The van der Waals surface area contributed by atoms with E-state index >= 15 is 0 Å². The largest absolute Gasteiger partial charge is 0.362 e. The number of hydrogen-bond acceptors (Lipinski definition) is 3. The second-order valence-corrected chi connectivity index (χ2v) is 2.37. The Balaban J connectivity index is 3.59. The molecule has 0 radical (unpaired) electrons. The van der Waals surface area contributed by atoms with E-state index in [0.717, 1.165) is 0 Å². The van der Waals surface area contributed by atoms with Crippen molar-refractivity contribution in [2.45, 2.75) is 26.3 Å². The van der Waals surface area contributed by atoms with Crippen LogP contribution in [0, 0.1) is 0 Å². The molecule has 0 aliphatic heterocycles. The van der Waals surface area contributed by atoms with Gasteiger partial charge in [0, 0.05) is 14.2 Å². The number of methoxy groups -OCH3 is 2. The minimum Gasteiger partial charge on any atom is -0.362 e. The fourth-order valence-electron chi connectivity index (χ4n) is 0.529. The summed E-state index contributed by atoms with van der Waals surface area (Å²) in [5.41, 5.74) is 0. The standard InChI is InChI=1S/C7H16N2O3/c1-5(11-3)8-7(10)9-6(2)12-4/h5-6H,1-4H3,(H2,8,9,10). The molecule has 5 nitrogen and oxygen atoms in total. The molecule has 0 heterocycles. The van der Waals surface area contributed by atoms with Crippen LogP contribution in [0.2, 0.25) is 0 Å². The molecule has 0 aromatic heterocycles. The molecule has 2 unspecified atom stereocenters. The third-order valence-electron chi connectivity index (χ3n) is 1.38. The predicted molar refractivity (Wildman–Crippen MR) is 44.6 cm³/mol. The van der Waals surface area contributed by atoms with Gasteiger partial charge < -0.3 is 20.1 Å². The Morgan fingerprint density at radius 1 is 1.08 bits per heavy atom. The summed E-state index contributed by atoms with van der Waals surface area (Å²) < 4.78 is 9.65. The van der Waals surface area contributed by atoms with E-state index in [1.165, 1.54) is 14.2 Å². The fraction of sp³-hybridized carbons (Fsp3) is 0.857. The smallest absolute Gasteiger partial charge is 0.318 e. The summed E-state index contributed by atoms with van der Waals surface area (Å²) in [7, 11) is 3.04. The van der Waals surface area contributed by atoms with Gasteiger partial charge in [-0.25, -0.2) is 4.79 Å². The Kier molecular flexibility index (Phi) is 5.40. The lowest BCUT2D eigenvalue weighted by molar-refractivity contribution is 0.0776. The highest BCUT2D eigenvalue weighted by molar-refractivity contribution is 5.74. The quantitative estimate of drug-likeness (QED) is 0.604. The van der Waals surface area contributed by atoms with E-state index in [0.29, 0.717) is 0 Å². The van der Waals surface area contributed by atoms with Crippen LogP contribution in [-0.4, -0.2) is 32.7 Å². The van der Waals surface area contributed by atoms with Gasteiger partial charge in [0.25, 0.3) is 0 Å². The lowest BCUT2D eigenvalue weighted by Gasteiger charge is -2.15. The van der Waals surface area contributed by atoms with Gasteiger partial charge >= 0.3 is 6.03 Å². The maximum atomic E-state index is 11.0. The van der Waals surface area contributed by atoms with E-state index in [2.05, 4.69) is 10.6 Å². The van der Waals surface area contributed by atoms with Crippen LogP contribution < -0.4 is 10.6 Å². The molecule has 2 atom stereocenters. The van der Waals surface area contributed by atoms with Gasteiger partial charge in [-0.05, 0) is 13.8 Å². The highest BCUT2D eigenvalue weighted by atomic mass is 16.5. The topological polar surface area (TPSA) is 59.6 Å². The first kappa shape index (κ1) is 11.2. The van der Waals surface area contributed by atoms with Crippen LogP contribution in [0.4, 0.5) is 4.79 Å². The number of nitrogens with one attached hydrogen (secondary N) is 2. The van der Waals surface area contributed by atoms with Gasteiger partial charge in [0.1, 0.15) is 12.5 Å². The van der Waals surface area contributed by atoms with Crippen molar-refractivity contribution in [3.05, 3.63) is 0 Å². The molecule has 0 saturated carbocycles. The Bertz CT molecular complexity index is 127. The summed E-state index contributed by atoms with van der Waals surface area (Å²) in [4.78, 5) is 11.0. The van der Waals surface area contributed by atoms with Crippen molar-refractivity contribution >= 4 is 6.03 Å². The van der Waals surface area contributed by atoms with Crippen LogP contribution in [0.15, 0.2) is 0 Å². The molecule has 2 N–H and O–H groups in total. The summed E-state index contributed by atoms with van der Waals surface area (Å²) in [5.74, 6) is 0. The molecule has 72 valence electrons. The summed E-state index contributed by atoms with van der Waals surface area (Å²) in [5, 5.41) is 5.08. The summed E-state index contributed by atoms with van der Waals surface area (Å²) >= 11 is 0. The Morgan fingerprint density at radius 3 is 1.67 bits per heavy atom. The lowest BCUT2D eigenvalue weighted by Crippen LogP contribution is -2.45. The second-order valence-electron chi connectivity index (χ2n) is 2.37. The molecular formula is C7H16N2O3. The van der Waals surface area contributed by atoms with E-state index in [-0.39, 0.29) is 18.5 Å². The minimum absolute atomic E-state index is 0.297. The van der Waals surface area contributed by atoms with Crippen LogP contribution in [0.5, 0.6) is 0 Å². The first-order chi connectivity index (χ1) is 5.60. The zero-order valence-corrected chi connectivity index (χ0v) is 7.88. The Morgan fingerprint density at radius 2 is 1.42 bits per heavy atom. The minimum atomic E-state index is -0.307. The van der Waals surface area contributed by atoms with Gasteiger partial charge in [0.05, 0.1) is 0 Å². The maximum Gasteiger partial charge on any atom is 0.318 e. The Hall–Kier alpha value is -0.810. The van der Waals surface area contributed by atoms with Crippen molar-refractivity contribution in [1.29, 1.82) is 0 Å². The summed E-state index contributed by atoms with van der Waals surface area (Å²) in [6.45, 7) is 3.47. The molecule has 0 spiro atoms. The average molecular weight is 176 g/mol. The van der Waals surface area contributed by atoms with Gasteiger partial charge in [-0.2, -0.15) is 0 Å². The van der Waals surface area contributed by atoms with Crippen molar-refractivity contribution in [2.24, 2.45) is 0 Å².